The SMILES string of the molecule is Cc1ccc(Cc2nc(CCO)[nH]c2C)cc1Cl. The number of nitrogens with zero attached hydrogens (tertiary/aromatic N) is 1. The summed E-state index contributed by atoms with van der Waals surface area (Å²) in [6.45, 7) is 4.10. The third-order valence-corrected chi connectivity index (χ3v) is 3.40. The number of rotatable bonds is 4. The fraction of sp³-hybridized carbons (Fsp3) is 0.357. The van der Waals surface area contributed by atoms with Gasteiger partial charge in [-0.1, -0.05) is 23.7 Å². The van der Waals surface area contributed by atoms with Crippen LogP contribution >= 0.6 is 11.6 Å². The molecule has 0 radical (unpaired) electrons. The smallest absolute Gasteiger partial charge is 0.108 e. The molecular formula is C14H17ClN2O. The van der Waals surface area contributed by atoms with Crippen LogP contribution in [0.15, 0.2) is 18.2 Å². The van der Waals surface area contributed by atoms with Crippen molar-refractivity contribution in [1.82, 2.24) is 9.97 Å². The fourth-order valence-electron chi connectivity index (χ4n) is 1.90. The largest absolute Gasteiger partial charge is 0.396 e. The lowest BCUT2D eigenvalue weighted by atomic mass is 10.1. The van der Waals surface area contributed by atoms with Crippen LogP contribution in [0.2, 0.25) is 5.02 Å². The molecular weight excluding hydrogens is 248 g/mol. The minimum Gasteiger partial charge on any atom is -0.396 e. The van der Waals surface area contributed by atoms with Crippen LogP contribution in [0.25, 0.3) is 0 Å². The van der Waals surface area contributed by atoms with Gasteiger partial charge in [0.05, 0.1) is 12.3 Å². The number of H-pyrrole nitrogens is 1. The van der Waals surface area contributed by atoms with Crippen LogP contribution in [-0.4, -0.2) is 21.7 Å². The number of halogens is 1. The summed E-state index contributed by atoms with van der Waals surface area (Å²) in [7, 11) is 0. The fourth-order valence-corrected chi connectivity index (χ4v) is 2.10. The molecule has 96 valence electrons. The molecule has 4 heteroatoms. The Morgan fingerprint density at radius 1 is 1.33 bits per heavy atom. The van der Waals surface area contributed by atoms with Crippen LogP contribution < -0.4 is 0 Å². The summed E-state index contributed by atoms with van der Waals surface area (Å²) in [4.78, 5) is 7.68. The summed E-state index contributed by atoms with van der Waals surface area (Å²) in [5, 5.41) is 9.69. The first-order valence-electron chi connectivity index (χ1n) is 6.00. The van der Waals surface area contributed by atoms with E-state index in [2.05, 4.69) is 16.0 Å². The average Bonchev–Trinajstić information content (AvgIpc) is 2.65. The number of aliphatic hydroxyl groups is 1. The van der Waals surface area contributed by atoms with Crippen molar-refractivity contribution in [3.63, 3.8) is 0 Å². The van der Waals surface area contributed by atoms with Crippen molar-refractivity contribution in [3.05, 3.63) is 51.6 Å². The second kappa shape index (κ2) is 5.55. The van der Waals surface area contributed by atoms with Gasteiger partial charge in [-0.2, -0.15) is 0 Å². The summed E-state index contributed by atoms with van der Waals surface area (Å²) >= 11 is 6.11. The van der Waals surface area contributed by atoms with Gasteiger partial charge in [0.1, 0.15) is 5.82 Å². The second-order valence-corrected chi connectivity index (χ2v) is 4.90. The first-order valence-corrected chi connectivity index (χ1v) is 6.38. The number of nitrogens with one attached hydrogen (secondary N) is 1. The summed E-state index contributed by atoms with van der Waals surface area (Å²) < 4.78 is 0. The highest BCUT2D eigenvalue weighted by Crippen LogP contribution is 2.19. The third kappa shape index (κ3) is 2.92. The van der Waals surface area contributed by atoms with E-state index in [4.69, 9.17) is 16.7 Å². The van der Waals surface area contributed by atoms with Gasteiger partial charge in [-0.15, -0.1) is 0 Å². The highest BCUT2D eigenvalue weighted by molar-refractivity contribution is 6.31. The Kier molecular flexibility index (Phi) is 4.04. The van der Waals surface area contributed by atoms with E-state index < -0.39 is 0 Å². The lowest BCUT2D eigenvalue weighted by molar-refractivity contribution is 0.297. The Hall–Kier alpha value is -1.32. The number of aliphatic hydroxyl groups excluding tert-OH is 1. The van der Waals surface area contributed by atoms with Crippen molar-refractivity contribution in [2.45, 2.75) is 26.7 Å². The molecule has 0 aliphatic rings. The Morgan fingerprint density at radius 3 is 2.78 bits per heavy atom. The van der Waals surface area contributed by atoms with E-state index in [1.165, 1.54) is 0 Å². The number of aromatic nitrogens is 2. The monoisotopic (exact) mass is 264 g/mol. The van der Waals surface area contributed by atoms with E-state index in [1.54, 1.807) is 0 Å². The average molecular weight is 265 g/mol. The zero-order valence-electron chi connectivity index (χ0n) is 10.6. The van der Waals surface area contributed by atoms with Gasteiger partial charge in [0.2, 0.25) is 0 Å². The van der Waals surface area contributed by atoms with E-state index in [0.29, 0.717) is 6.42 Å². The maximum atomic E-state index is 8.90. The third-order valence-electron chi connectivity index (χ3n) is 2.99. The zero-order chi connectivity index (χ0) is 13.1. The highest BCUT2D eigenvalue weighted by atomic mass is 35.5. The molecule has 2 aromatic rings. The summed E-state index contributed by atoms with van der Waals surface area (Å²) in [6.07, 6.45) is 1.32. The number of imidazole rings is 1. The molecule has 0 unspecified atom stereocenters. The molecule has 0 amide bonds. The maximum absolute atomic E-state index is 8.90. The van der Waals surface area contributed by atoms with Gasteiger partial charge in [-0.25, -0.2) is 4.98 Å². The van der Waals surface area contributed by atoms with Gasteiger partial charge in [-0.3, -0.25) is 0 Å². The van der Waals surface area contributed by atoms with Gasteiger partial charge in [0, 0.05) is 23.6 Å². The summed E-state index contributed by atoms with van der Waals surface area (Å²) in [5.41, 5.74) is 4.30. The number of aromatic amines is 1. The molecule has 0 aliphatic carbocycles. The van der Waals surface area contributed by atoms with Gasteiger partial charge in [0.15, 0.2) is 0 Å². The molecule has 0 aliphatic heterocycles. The lowest BCUT2D eigenvalue weighted by Gasteiger charge is -2.03. The van der Waals surface area contributed by atoms with Gasteiger partial charge < -0.3 is 10.1 Å². The number of aryl methyl sites for hydroxylation is 2. The molecule has 0 spiro atoms. The molecule has 1 aromatic heterocycles. The molecule has 3 nitrogen and oxygen atoms in total. The minimum absolute atomic E-state index is 0.114. The molecule has 2 rings (SSSR count). The van der Waals surface area contributed by atoms with Crippen molar-refractivity contribution < 1.29 is 5.11 Å². The van der Waals surface area contributed by atoms with Crippen LogP contribution in [0, 0.1) is 13.8 Å². The lowest BCUT2D eigenvalue weighted by Crippen LogP contribution is -1.94. The predicted molar refractivity (Wildman–Crippen MR) is 73.1 cm³/mol. The van der Waals surface area contributed by atoms with Crippen molar-refractivity contribution in [1.29, 1.82) is 0 Å². The molecule has 18 heavy (non-hydrogen) atoms. The second-order valence-electron chi connectivity index (χ2n) is 4.49. The number of benzene rings is 1. The van der Waals surface area contributed by atoms with Crippen LogP contribution in [0.5, 0.6) is 0 Å². The summed E-state index contributed by atoms with van der Waals surface area (Å²) in [5.74, 6) is 0.836. The number of hydrogen-bond donors (Lipinski definition) is 2. The van der Waals surface area contributed by atoms with Gasteiger partial charge in [-0.05, 0) is 31.0 Å². The van der Waals surface area contributed by atoms with Crippen molar-refractivity contribution in [2.24, 2.45) is 0 Å². The van der Waals surface area contributed by atoms with E-state index in [9.17, 15) is 0 Å². The predicted octanol–water partition coefficient (Wildman–Crippen LogP) is 2.81. The van der Waals surface area contributed by atoms with Crippen LogP contribution in [0.4, 0.5) is 0 Å². The molecule has 1 heterocycles. The molecule has 1 aromatic carbocycles. The highest BCUT2D eigenvalue weighted by Gasteiger charge is 2.08. The topological polar surface area (TPSA) is 48.9 Å². The van der Waals surface area contributed by atoms with Crippen molar-refractivity contribution in [3.8, 4) is 0 Å². The van der Waals surface area contributed by atoms with Gasteiger partial charge >= 0.3 is 0 Å². The molecule has 0 fully saturated rings. The normalized spacial score (nSPS) is 10.9. The number of hydrogen-bond acceptors (Lipinski definition) is 2. The molecule has 0 saturated carbocycles. The van der Waals surface area contributed by atoms with E-state index in [0.717, 1.165) is 39.8 Å². The molecule has 0 atom stereocenters. The first-order chi connectivity index (χ1) is 8.60. The minimum atomic E-state index is 0.114. The Balaban J connectivity index is 2.20. The van der Waals surface area contributed by atoms with Crippen LogP contribution in [0.1, 0.15) is 28.3 Å². The van der Waals surface area contributed by atoms with Crippen molar-refractivity contribution >= 4 is 11.6 Å². The molecule has 0 bridgehead atoms. The van der Waals surface area contributed by atoms with Crippen molar-refractivity contribution in [2.75, 3.05) is 6.61 Å². The first kappa shape index (κ1) is 13.1. The molecule has 0 saturated heterocycles. The van der Waals surface area contributed by atoms with E-state index in [-0.39, 0.29) is 6.61 Å². The van der Waals surface area contributed by atoms with Crippen LogP contribution in [0.3, 0.4) is 0 Å². The van der Waals surface area contributed by atoms with Gasteiger partial charge in [0.25, 0.3) is 0 Å². The Bertz CT molecular complexity index is 549. The zero-order valence-corrected chi connectivity index (χ0v) is 11.4. The standard InChI is InChI=1S/C14H17ClN2O/c1-9-3-4-11(7-12(9)15)8-13-10(2)16-14(17-13)5-6-18/h3-4,7,18H,5-6,8H2,1-2H3,(H,16,17). The van der Waals surface area contributed by atoms with Crippen LogP contribution in [-0.2, 0) is 12.8 Å². The van der Waals surface area contributed by atoms with E-state index >= 15 is 0 Å². The Morgan fingerprint density at radius 2 is 2.11 bits per heavy atom. The summed E-state index contributed by atoms with van der Waals surface area (Å²) in [6, 6.07) is 6.08. The maximum Gasteiger partial charge on any atom is 0.108 e. The van der Waals surface area contributed by atoms with E-state index in [1.807, 2.05) is 26.0 Å². The quantitative estimate of drug-likeness (QED) is 0.892. The molecule has 2 N–H and O–H groups in total. The Labute approximate surface area is 112 Å².